The Hall–Kier alpha value is -1.63. The van der Waals surface area contributed by atoms with Crippen molar-refractivity contribution in [2.24, 2.45) is 5.41 Å². The molecule has 6 nitrogen and oxygen atoms in total. The van der Waals surface area contributed by atoms with Crippen molar-refractivity contribution in [3.05, 3.63) is 20.7 Å². The number of hydrogen-bond donors (Lipinski definition) is 3. The van der Waals surface area contributed by atoms with Crippen molar-refractivity contribution >= 4 is 23.2 Å². The van der Waals surface area contributed by atoms with E-state index in [1.165, 1.54) is 0 Å². The third-order valence-electron chi connectivity index (χ3n) is 4.02. The fourth-order valence-electron chi connectivity index (χ4n) is 3.04. The molecule has 0 radical (unpaired) electrons. The maximum absolute atomic E-state index is 12.1. The number of carbonyl (C=O) groups excluding carboxylic acids is 1. The number of hydrogen-bond acceptors (Lipinski definition) is 4. The van der Waals surface area contributed by atoms with Gasteiger partial charge in [-0.2, -0.15) is 0 Å². The van der Waals surface area contributed by atoms with Gasteiger partial charge in [-0.05, 0) is 18.3 Å². The summed E-state index contributed by atoms with van der Waals surface area (Å²) in [4.78, 5) is 36.6. The van der Waals surface area contributed by atoms with E-state index < -0.39 is 11.4 Å². The first-order valence-corrected chi connectivity index (χ1v) is 8.02. The molecule has 1 aliphatic rings. The quantitative estimate of drug-likeness (QED) is 0.746. The number of nitrogens with one attached hydrogen (secondary N) is 2. The van der Waals surface area contributed by atoms with Gasteiger partial charge in [0.1, 0.15) is 0 Å². The van der Waals surface area contributed by atoms with Gasteiger partial charge in [-0.3, -0.25) is 14.4 Å². The van der Waals surface area contributed by atoms with E-state index in [1.807, 2.05) is 0 Å². The molecule has 0 saturated heterocycles. The summed E-state index contributed by atoms with van der Waals surface area (Å²) in [5, 5.41) is 13.5. The Morgan fingerprint density at radius 3 is 2.57 bits per heavy atom. The zero-order valence-electron chi connectivity index (χ0n) is 11.8. The van der Waals surface area contributed by atoms with Crippen LogP contribution in [0.3, 0.4) is 0 Å². The van der Waals surface area contributed by atoms with Gasteiger partial charge in [0.2, 0.25) is 5.91 Å². The number of thiazole rings is 1. The Balaban J connectivity index is 1.91. The number of carboxylic acid groups (broad SMARTS) is 1. The number of H-pyrrole nitrogens is 1. The van der Waals surface area contributed by atoms with Crippen LogP contribution in [0.5, 0.6) is 0 Å². The molecule has 0 spiro atoms. The van der Waals surface area contributed by atoms with Gasteiger partial charge in [0, 0.05) is 17.5 Å². The molecule has 0 bridgehead atoms. The maximum atomic E-state index is 12.1. The molecule has 1 fully saturated rings. The van der Waals surface area contributed by atoms with Gasteiger partial charge in [-0.15, -0.1) is 0 Å². The lowest BCUT2D eigenvalue weighted by Crippen LogP contribution is -2.35. The number of aliphatic carboxylic acids is 1. The van der Waals surface area contributed by atoms with E-state index in [1.54, 1.807) is 5.38 Å². The normalized spacial score (nSPS) is 17.3. The Bertz CT molecular complexity index is 557. The van der Waals surface area contributed by atoms with Crippen LogP contribution in [0.4, 0.5) is 0 Å². The minimum atomic E-state index is -0.841. The molecule has 21 heavy (non-hydrogen) atoms. The highest BCUT2D eigenvalue weighted by atomic mass is 32.1. The standard InChI is InChI=1S/C14H20N2O4S/c17-11(15-8-10-9-21-13(20)16-10)6-14(7-12(18)19)4-2-1-3-5-14/h9H,1-8H2,(H,15,17)(H,16,20)(H,18,19). The van der Waals surface area contributed by atoms with Gasteiger partial charge in [0.25, 0.3) is 0 Å². The van der Waals surface area contributed by atoms with Crippen LogP contribution in [0.2, 0.25) is 0 Å². The van der Waals surface area contributed by atoms with E-state index in [9.17, 15) is 14.4 Å². The molecule has 0 unspecified atom stereocenters. The summed E-state index contributed by atoms with van der Waals surface area (Å²) in [7, 11) is 0. The number of aromatic nitrogens is 1. The van der Waals surface area contributed by atoms with Gasteiger partial charge in [-0.1, -0.05) is 30.6 Å². The van der Waals surface area contributed by atoms with Crippen molar-refractivity contribution in [3.63, 3.8) is 0 Å². The zero-order chi connectivity index (χ0) is 15.3. The van der Waals surface area contributed by atoms with Gasteiger partial charge >= 0.3 is 10.8 Å². The van der Waals surface area contributed by atoms with Gasteiger partial charge in [-0.25, -0.2) is 0 Å². The Labute approximate surface area is 126 Å². The maximum Gasteiger partial charge on any atom is 0.304 e. The monoisotopic (exact) mass is 312 g/mol. The summed E-state index contributed by atoms with van der Waals surface area (Å²) < 4.78 is 0. The molecule has 3 N–H and O–H groups in total. The van der Waals surface area contributed by atoms with Crippen LogP contribution in [-0.2, 0) is 16.1 Å². The SMILES string of the molecule is O=C(O)CC1(CC(=O)NCc2csc(=O)[nH]2)CCCCC1. The van der Waals surface area contributed by atoms with Crippen LogP contribution in [0.15, 0.2) is 10.2 Å². The van der Waals surface area contributed by atoms with Gasteiger partial charge in [0.15, 0.2) is 0 Å². The van der Waals surface area contributed by atoms with Crippen molar-refractivity contribution in [1.82, 2.24) is 10.3 Å². The summed E-state index contributed by atoms with van der Waals surface area (Å²) in [5.74, 6) is -0.989. The highest BCUT2D eigenvalue weighted by Gasteiger charge is 2.36. The van der Waals surface area contributed by atoms with E-state index in [0.717, 1.165) is 43.4 Å². The molecule has 0 aromatic carbocycles. The number of rotatable bonds is 6. The average Bonchev–Trinajstić information content (AvgIpc) is 2.82. The predicted octanol–water partition coefficient (Wildman–Crippen LogP) is 1.87. The summed E-state index contributed by atoms with van der Waals surface area (Å²) in [6, 6.07) is 0. The smallest absolute Gasteiger partial charge is 0.304 e. The average molecular weight is 312 g/mol. The Morgan fingerprint density at radius 1 is 1.29 bits per heavy atom. The lowest BCUT2D eigenvalue weighted by molar-refractivity contribution is -0.141. The first-order chi connectivity index (χ1) is 9.99. The predicted molar refractivity (Wildman–Crippen MR) is 79.2 cm³/mol. The van der Waals surface area contributed by atoms with Gasteiger partial charge < -0.3 is 15.4 Å². The molecular weight excluding hydrogens is 292 g/mol. The summed E-state index contributed by atoms with van der Waals surface area (Å²) in [6.07, 6.45) is 4.96. The van der Waals surface area contributed by atoms with Crippen molar-refractivity contribution in [2.45, 2.75) is 51.5 Å². The Morgan fingerprint density at radius 2 is 2.00 bits per heavy atom. The molecule has 1 aromatic rings. The highest BCUT2D eigenvalue weighted by Crippen LogP contribution is 2.42. The minimum Gasteiger partial charge on any atom is -0.481 e. The molecule has 1 saturated carbocycles. The molecule has 7 heteroatoms. The second kappa shape index (κ2) is 6.89. The first-order valence-electron chi connectivity index (χ1n) is 7.14. The van der Waals surface area contributed by atoms with Gasteiger partial charge in [0.05, 0.1) is 13.0 Å². The molecule has 1 heterocycles. The number of aromatic amines is 1. The third kappa shape index (κ3) is 4.70. The van der Waals surface area contributed by atoms with E-state index in [2.05, 4.69) is 10.3 Å². The van der Waals surface area contributed by atoms with Crippen LogP contribution in [0.1, 0.15) is 50.6 Å². The number of carbonyl (C=O) groups is 2. The molecule has 0 aliphatic heterocycles. The van der Waals surface area contributed by atoms with E-state index >= 15 is 0 Å². The fraction of sp³-hybridized carbons (Fsp3) is 0.643. The van der Waals surface area contributed by atoms with Crippen LogP contribution in [0, 0.1) is 5.41 Å². The van der Waals surface area contributed by atoms with E-state index in [-0.39, 0.29) is 30.2 Å². The fourth-order valence-corrected chi connectivity index (χ4v) is 3.62. The molecular formula is C14H20N2O4S. The summed E-state index contributed by atoms with van der Waals surface area (Å²) >= 11 is 1.06. The van der Waals surface area contributed by atoms with Crippen LogP contribution >= 0.6 is 11.3 Å². The molecule has 0 atom stereocenters. The van der Waals surface area contributed by atoms with E-state index in [0.29, 0.717) is 5.69 Å². The molecule has 1 aromatic heterocycles. The van der Waals surface area contributed by atoms with Crippen LogP contribution in [-0.4, -0.2) is 22.0 Å². The first kappa shape index (κ1) is 15.8. The van der Waals surface area contributed by atoms with Crippen LogP contribution < -0.4 is 10.2 Å². The van der Waals surface area contributed by atoms with Crippen LogP contribution in [0.25, 0.3) is 0 Å². The number of amides is 1. The van der Waals surface area contributed by atoms with Crippen molar-refractivity contribution in [1.29, 1.82) is 0 Å². The van der Waals surface area contributed by atoms with Crippen molar-refractivity contribution < 1.29 is 14.7 Å². The topological polar surface area (TPSA) is 99.3 Å². The summed E-state index contributed by atoms with van der Waals surface area (Å²) in [5.41, 5.74) is 0.269. The second-order valence-corrected chi connectivity index (χ2v) is 6.60. The zero-order valence-corrected chi connectivity index (χ0v) is 12.6. The highest BCUT2D eigenvalue weighted by molar-refractivity contribution is 7.07. The summed E-state index contributed by atoms with van der Waals surface area (Å²) in [6.45, 7) is 0.278. The molecule has 1 amide bonds. The molecule has 1 aliphatic carbocycles. The minimum absolute atomic E-state index is 0.0513. The molecule has 116 valence electrons. The largest absolute Gasteiger partial charge is 0.481 e. The molecule has 2 rings (SSSR count). The lowest BCUT2D eigenvalue weighted by Gasteiger charge is -2.35. The Kier molecular flexibility index (Phi) is 5.17. The number of carboxylic acids is 1. The third-order valence-corrected chi connectivity index (χ3v) is 4.74. The van der Waals surface area contributed by atoms with E-state index in [4.69, 9.17) is 5.11 Å². The van der Waals surface area contributed by atoms with Crippen molar-refractivity contribution in [2.75, 3.05) is 0 Å². The second-order valence-electron chi connectivity index (χ2n) is 5.76. The van der Waals surface area contributed by atoms with Crippen molar-refractivity contribution in [3.8, 4) is 0 Å². The lowest BCUT2D eigenvalue weighted by atomic mass is 9.69.